The van der Waals surface area contributed by atoms with E-state index in [9.17, 15) is 4.79 Å². The second kappa shape index (κ2) is 7.56. The van der Waals surface area contributed by atoms with Crippen LogP contribution in [0.5, 0.6) is 0 Å². The van der Waals surface area contributed by atoms with Crippen molar-refractivity contribution in [1.82, 2.24) is 20.0 Å². The highest BCUT2D eigenvalue weighted by Crippen LogP contribution is 2.25. The zero-order valence-corrected chi connectivity index (χ0v) is 13.3. The number of likely N-dealkylation sites (tertiary alicyclic amines) is 1. The molecule has 0 bridgehead atoms. The Bertz CT molecular complexity index is 451. The van der Waals surface area contributed by atoms with Crippen LogP contribution in [0.15, 0.2) is 12.3 Å². The number of rotatable bonds is 6. The van der Waals surface area contributed by atoms with Gasteiger partial charge in [0.15, 0.2) is 0 Å². The average Bonchev–Trinajstić information content (AvgIpc) is 2.95. The second-order valence-corrected chi connectivity index (χ2v) is 5.77. The fourth-order valence-electron chi connectivity index (χ4n) is 2.83. The van der Waals surface area contributed by atoms with Crippen LogP contribution in [-0.4, -0.2) is 53.8 Å². The Labute approximate surface area is 126 Å². The van der Waals surface area contributed by atoms with Gasteiger partial charge >= 0.3 is 0 Å². The van der Waals surface area contributed by atoms with Crippen LogP contribution in [0, 0.1) is 5.92 Å². The van der Waals surface area contributed by atoms with Gasteiger partial charge in [-0.05, 0) is 26.4 Å². The van der Waals surface area contributed by atoms with Crippen LogP contribution in [0.25, 0.3) is 0 Å². The molecule has 118 valence electrons. The summed E-state index contributed by atoms with van der Waals surface area (Å²) < 4.78 is 1.98. The fourth-order valence-corrected chi connectivity index (χ4v) is 2.83. The third-order valence-electron chi connectivity index (χ3n) is 4.23. The lowest BCUT2D eigenvalue weighted by Crippen LogP contribution is -2.35. The van der Waals surface area contributed by atoms with E-state index >= 15 is 0 Å². The van der Waals surface area contributed by atoms with Gasteiger partial charge in [0.25, 0.3) is 0 Å². The standard InChI is InChI=1S/C15H27N5O/c1-4-19-9-6-13(7-10-19)20-14(5-8-17-20)18-15(21)12(2)11-16-3/h5,8,12-13,16H,4,6-7,9-11H2,1-3H3,(H,18,21). The maximum absolute atomic E-state index is 12.1. The Morgan fingerprint density at radius 2 is 2.19 bits per heavy atom. The Balaban J connectivity index is 1.97. The zero-order valence-electron chi connectivity index (χ0n) is 13.3. The lowest BCUT2D eigenvalue weighted by Gasteiger charge is -2.31. The van der Waals surface area contributed by atoms with Gasteiger partial charge < -0.3 is 15.5 Å². The molecule has 1 aromatic heterocycles. The van der Waals surface area contributed by atoms with Crippen LogP contribution in [0.1, 0.15) is 32.7 Å². The number of nitrogens with one attached hydrogen (secondary N) is 2. The lowest BCUT2D eigenvalue weighted by molar-refractivity contribution is -0.119. The SMILES string of the molecule is CCN1CCC(n2nccc2NC(=O)C(C)CNC)CC1. The summed E-state index contributed by atoms with van der Waals surface area (Å²) in [5.74, 6) is 0.801. The highest BCUT2D eigenvalue weighted by molar-refractivity contribution is 5.91. The molecule has 6 nitrogen and oxygen atoms in total. The molecule has 2 N–H and O–H groups in total. The van der Waals surface area contributed by atoms with Gasteiger partial charge in [0.2, 0.25) is 5.91 Å². The van der Waals surface area contributed by atoms with Gasteiger partial charge in [0.1, 0.15) is 5.82 Å². The van der Waals surface area contributed by atoms with Crippen LogP contribution < -0.4 is 10.6 Å². The third-order valence-corrected chi connectivity index (χ3v) is 4.23. The normalized spacial score (nSPS) is 18.6. The van der Waals surface area contributed by atoms with Crippen molar-refractivity contribution >= 4 is 11.7 Å². The van der Waals surface area contributed by atoms with Gasteiger partial charge in [0.05, 0.1) is 12.2 Å². The summed E-state index contributed by atoms with van der Waals surface area (Å²) in [6.07, 6.45) is 3.94. The molecule has 0 spiro atoms. The minimum atomic E-state index is -0.0553. The van der Waals surface area contributed by atoms with Crippen molar-refractivity contribution in [2.75, 3.05) is 38.5 Å². The van der Waals surface area contributed by atoms with Crippen molar-refractivity contribution in [2.45, 2.75) is 32.7 Å². The summed E-state index contributed by atoms with van der Waals surface area (Å²) in [7, 11) is 1.86. The number of hydrogen-bond donors (Lipinski definition) is 2. The number of hydrogen-bond acceptors (Lipinski definition) is 4. The first kappa shape index (κ1) is 16.0. The Morgan fingerprint density at radius 1 is 1.48 bits per heavy atom. The summed E-state index contributed by atoms with van der Waals surface area (Å²) in [6, 6.07) is 2.27. The molecule has 2 heterocycles. The van der Waals surface area contributed by atoms with E-state index < -0.39 is 0 Å². The molecule has 1 unspecified atom stereocenters. The number of carbonyl (C=O) groups excluding carboxylic acids is 1. The van der Waals surface area contributed by atoms with E-state index in [1.165, 1.54) is 0 Å². The molecule has 1 aliphatic heterocycles. The molecule has 1 atom stereocenters. The molecule has 2 rings (SSSR count). The topological polar surface area (TPSA) is 62.2 Å². The van der Waals surface area contributed by atoms with Crippen molar-refractivity contribution in [3.63, 3.8) is 0 Å². The number of piperidine rings is 1. The molecule has 0 radical (unpaired) electrons. The minimum absolute atomic E-state index is 0.0390. The van der Waals surface area contributed by atoms with Crippen molar-refractivity contribution in [2.24, 2.45) is 5.92 Å². The molecule has 1 aliphatic rings. The molecule has 1 aromatic rings. The molecule has 1 fully saturated rings. The molecule has 0 saturated carbocycles. The smallest absolute Gasteiger partial charge is 0.229 e. The van der Waals surface area contributed by atoms with Crippen LogP contribution in [0.2, 0.25) is 0 Å². The molecule has 0 aliphatic carbocycles. The van der Waals surface area contributed by atoms with Gasteiger partial charge in [-0.15, -0.1) is 0 Å². The lowest BCUT2D eigenvalue weighted by atomic mass is 10.1. The summed E-state index contributed by atoms with van der Waals surface area (Å²) >= 11 is 0. The molecule has 21 heavy (non-hydrogen) atoms. The van der Waals surface area contributed by atoms with Crippen molar-refractivity contribution in [3.8, 4) is 0 Å². The van der Waals surface area contributed by atoms with Gasteiger partial charge in [-0.1, -0.05) is 13.8 Å². The van der Waals surface area contributed by atoms with Crippen LogP contribution in [0.3, 0.4) is 0 Å². The van der Waals surface area contributed by atoms with Crippen molar-refractivity contribution < 1.29 is 4.79 Å². The predicted molar refractivity (Wildman–Crippen MR) is 84.3 cm³/mol. The predicted octanol–water partition coefficient (Wildman–Crippen LogP) is 1.33. The first-order valence-electron chi connectivity index (χ1n) is 7.87. The first-order valence-corrected chi connectivity index (χ1v) is 7.87. The van der Waals surface area contributed by atoms with Gasteiger partial charge in [-0.3, -0.25) is 4.79 Å². The van der Waals surface area contributed by atoms with Crippen molar-refractivity contribution in [1.29, 1.82) is 0 Å². The van der Waals surface area contributed by atoms with E-state index in [-0.39, 0.29) is 11.8 Å². The van der Waals surface area contributed by atoms with E-state index in [4.69, 9.17) is 0 Å². The molecule has 1 amide bonds. The quantitative estimate of drug-likeness (QED) is 0.831. The van der Waals surface area contributed by atoms with Gasteiger partial charge in [-0.25, -0.2) is 4.68 Å². The number of nitrogens with zero attached hydrogens (tertiary/aromatic N) is 3. The number of carbonyl (C=O) groups is 1. The highest BCUT2D eigenvalue weighted by atomic mass is 16.2. The van der Waals surface area contributed by atoms with Crippen LogP contribution in [0.4, 0.5) is 5.82 Å². The van der Waals surface area contributed by atoms with Gasteiger partial charge in [-0.2, -0.15) is 5.10 Å². The van der Waals surface area contributed by atoms with Crippen LogP contribution >= 0.6 is 0 Å². The Morgan fingerprint density at radius 3 is 2.81 bits per heavy atom. The first-order chi connectivity index (χ1) is 10.2. The summed E-state index contributed by atoms with van der Waals surface area (Å²) in [5.41, 5.74) is 0. The largest absolute Gasteiger partial charge is 0.319 e. The number of aromatic nitrogens is 2. The highest BCUT2D eigenvalue weighted by Gasteiger charge is 2.23. The van der Waals surface area contributed by atoms with E-state index in [0.717, 1.165) is 38.3 Å². The van der Waals surface area contributed by atoms with E-state index in [1.54, 1.807) is 6.20 Å². The average molecular weight is 293 g/mol. The van der Waals surface area contributed by atoms with E-state index in [1.807, 2.05) is 24.7 Å². The maximum atomic E-state index is 12.1. The van der Waals surface area contributed by atoms with Crippen molar-refractivity contribution in [3.05, 3.63) is 12.3 Å². The molecular weight excluding hydrogens is 266 g/mol. The maximum Gasteiger partial charge on any atom is 0.229 e. The Kier molecular flexibility index (Phi) is 5.76. The molecule has 1 saturated heterocycles. The summed E-state index contributed by atoms with van der Waals surface area (Å²) in [4.78, 5) is 14.6. The van der Waals surface area contributed by atoms with Gasteiger partial charge in [0, 0.05) is 31.6 Å². The number of amides is 1. The molecule has 6 heteroatoms. The molecule has 0 aromatic carbocycles. The zero-order chi connectivity index (χ0) is 15.2. The fraction of sp³-hybridized carbons (Fsp3) is 0.733. The number of anilines is 1. The second-order valence-electron chi connectivity index (χ2n) is 5.77. The summed E-state index contributed by atoms with van der Waals surface area (Å²) in [6.45, 7) is 8.11. The Hall–Kier alpha value is -1.40. The van der Waals surface area contributed by atoms with Crippen LogP contribution in [-0.2, 0) is 4.79 Å². The summed E-state index contributed by atoms with van der Waals surface area (Å²) in [5, 5.41) is 10.5. The minimum Gasteiger partial charge on any atom is -0.319 e. The molecular formula is C15H27N5O. The monoisotopic (exact) mass is 293 g/mol. The van der Waals surface area contributed by atoms with E-state index in [0.29, 0.717) is 12.6 Å². The van der Waals surface area contributed by atoms with E-state index in [2.05, 4.69) is 27.6 Å². The third kappa shape index (κ3) is 4.04.